The molecule has 0 bridgehead atoms. The monoisotopic (exact) mass is 396 g/mol. The number of Topliss-reactive ketones (excluding diaryl/α,β-unsaturated/α-hetero) is 1. The van der Waals surface area contributed by atoms with Gasteiger partial charge in [-0.3, -0.25) is 9.59 Å². The second kappa shape index (κ2) is 8.07. The number of ketones is 1. The lowest BCUT2D eigenvalue weighted by Gasteiger charge is -2.17. The van der Waals surface area contributed by atoms with E-state index in [0.29, 0.717) is 16.6 Å². The molecule has 0 aliphatic heterocycles. The van der Waals surface area contributed by atoms with Gasteiger partial charge in [-0.25, -0.2) is 0 Å². The number of nitrogens with zero attached hydrogens (tertiary/aromatic N) is 2. The first-order valence-electron chi connectivity index (χ1n) is 10.3. The molecule has 0 aliphatic carbocycles. The van der Waals surface area contributed by atoms with Crippen LogP contribution in [0.5, 0.6) is 0 Å². The second-order valence-electron chi connectivity index (χ2n) is 7.38. The van der Waals surface area contributed by atoms with Gasteiger partial charge in [0.05, 0.1) is 16.8 Å². The predicted octanol–water partition coefficient (Wildman–Crippen LogP) is 5.38. The highest BCUT2D eigenvalue weighted by atomic mass is 16.1. The number of para-hydroxylation sites is 1. The minimum atomic E-state index is -0.132. The number of aromatic nitrogens is 2. The van der Waals surface area contributed by atoms with Crippen molar-refractivity contribution in [2.45, 2.75) is 33.6 Å². The Labute approximate surface area is 175 Å². The van der Waals surface area contributed by atoms with Gasteiger partial charge in [-0.2, -0.15) is 9.78 Å². The van der Waals surface area contributed by atoms with E-state index in [0.717, 1.165) is 40.6 Å². The molecule has 0 saturated carbocycles. The molecule has 0 saturated heterocycles. The fourth-order valence-electron chi connectivity index (χ4n) is 3.93. The molecular formula is C26H24N2O2. The smallest absolute Gasteiger partial charge is 0.279 e. The van der Waals surface area contributed by atoms with E-state index in [1.807, 2.05) is 60.7 Å². The second-order valence-corrected chi connectivity index (χ2v) is 7.38. The Morgan fingerprint density at radius 3 is 2.13 bits per heavy atom. The SMILES string of the molecule is CCc1cccc(CC)c1-n1nc(-c2cccc(C(C)=O)c2)c2ccccc2c1=O. The molecule has 3 aromatic carbocycles. The van der Waals surface area contributed by atoms with E-state index in [1.165, 1.54) is 0 Å². The number of fused-ring (bicyclic) bond motifs is 1. The van der Waals surface area contributed by atoms with Gasteiger partial charge in [-0.05, 0) is 43.0 Å². The maximum absolute atomic E-state index is 13.5. The topological polar surface area (TPSA) is 52.0 Å². The first-order chi connectivity index (χ1) is 14.5. The molecule has 4 nitrogen and oxygen atoms in total. The molecule has 0 unspecified atom stereocenters. The highest BCUT2D eigenvalue weighted by Gasteiger charge is 2.17. The molecule has 1 aromatic heterocycles. The van der Waals surface area contributed by atoms with Gasteiger partial charge in [0.1, 0.15) is 0 Å². The molecule has 0 spiro atoms. The molecule has 4 heteroatoms. The summed E-state index contributed by atoms with van der Waals surface area (Å²) in [4.78, 5) is 25.4. The minimum Gasteiger partial charge on any atom is -0.295 e. The van der Waals surface area contributed by atoms with Crippen molar-refractivity contribution in [1.29, 1.82) is 0 Å². The van der Waals surface area contributed by atoms with Gasteiger partial charge in [-0.15, -0.1) is 0 Å². The first kappa shape index (κ1) is 19.8. The van der Waals surface area contributed by atoms with Gasteiger partial charge in [0.15, 0.2) is 5.78 Å². The average Bonchev–Trinajstić information content (AvgIpc) is 2.79. The highest BCUT2D eigenvalue weighted by molar-refractivity contribution is 5.98. The van der Waals surface area contributed by atoms with E-state index in [1.54, 1.807) is 17.7 Å². The molecule has 30 heavy (non-hydrogen) atoms. The van der Waals surface area contributed by atoms with Crippen LogP contribution in [0.3, 0.4) is 0 Å². The normalized spacial score (nSPS) is 11.0. The molecule has 1 heterocycles. The minimum absolute atomic E-state index is 0.000857. The lowest BCUT2D eigenvalue weighted by molar-refractivity contribution is 0.101. The van der Waals surface area contributed by atoms with Gasteiger partial charge in [0, 0.05) is 16.5 Å². The van der Waals surface area contributed by atoms with Crippen molar-refractivity contribution in [1.82, 2.24) is 9.78 Å². The Morgan fingerprint density at radius 2 is 1.50 bits per heavy atom. The van der Waals surface area contributed by atoms with E-state index >= 15 is 0 Å². The zero-order valence-electron chi connectivity index (χ0n) is 17.5. The van der Waals surface area contributed by atoms with Crippen molar-refractivity contribution < 1.29 is 4.79 Å². The Hall–Kier alpha value is -3.53. The summed E-state index contributed by atoms with van der Waals surface area (Å²) in [6.45, 7) is 5.72. The summed E-state index contributed by atoms with van der Waals surface area (Å²) in [6, 6.07) is 21.1. The molecule has 0 aliphatic rings. The Morgan fingerprint density at radius 1 is 0.867 bits per heavy atom. The number of hydrogen-bond donors (Lipinski definition) is 0. The van der Waals surface area contributed by atoms with Crippen LogP contribution in [0, 0.1) is 0 Å². The standard InChI is InChI=1S/C26H24N2O2/c1-4-18-10-8-11-19(5-2)25(18)28-26(30)23-15-7-6-14-22(23)24(27-28)21-13-9-12-20(16-21)17(3)29/h6-16H,4-5H2,1-3H3. The summed E-state index contributed by atoms with van der Waals surface area (Å²) in [5.41, 5.74) is 5.04. The number of carbonyl (C=O) groups is 1. The van der Waals surface area contributed by atoms with Crippen LogP contribution >= 0.6 is 0 Å². The van der Waals surface area contributed by atoms with Crippen LogP contribution < -0.4 is 5.56 Å². The summed E-state index contributed by atoms with van der Waals surface area (Å²) in [6.07, 6.45) is 1.61. The Balaban J connectivity index is 2.11. The summed E-state index contributed by atoms with van der Waals surface area (Å²) in [5.74, 6) is -0.000857. The Kier molecular flexibility index (Phi) is 5.32. The largest absolute Gasteiger partial charge is 0.295 e. The van der Waals surface area contributed by atoms with E-state index in [-0.39, 0.29) is 11.3 Å². The van der Waals surface area contributed by atoms with Crippen LogP contribution in [0.15, 0.2) is 71.5 Å². The van der Waals surface area contributed by atoms with Crippen LogP contribution in [-0.4, -0.2) is 15.6 Å². The van der Waals surface area contributed by atoms with E-state index in [4.69, 9.17) is 5.10 Å². The predicted molar refractivity (Wildman–Crippen MR) is 122 cm³/mol. The van der Waals surface area contributed by atoms with Crippen molar-refractivity contribution in [3.63, 3.8) is 0 Å². The zero-order chi connectivity index (χ0) is 21.3. The van der Waals surface area contributed by atoms with Gasteiger partial charge < -0.3 is 0 Å². The maximum atomic E-state index is 13.5. The summed E-state index contributed by atoms with van der Waals surface area (Å²) in [7, 11) is 0. The van der Waals surface area contributed by atoms with Crippen LogP contribution in [0.25, 0.3) is 27.7 Å². The Bertz CT molecular complexity index is 1300. The van der Waals surface area contributed by atoms with Crippen molar-refractivity contribution >= 4 is 16.6 Å². The molecule has 0 N–H and O–H groups in total. The zero-order valence-corrected chi connectivity index (χ0v) is 17.5. The van der Waals surface area contributed by atoms with Crippen LogP contribution in [-0.2, 0) is 12.8 Å². The van der Waals surface area contributed by atoms with Gasteiger partial charge in [0.2, 0.25) is 0 Å². The maximum Gasteiger partial charge on any atom is 0.279 e. The van der Waals surface area contributed by atoms with Gasteiger partial charge >= 0.3 is 0 Å². The van der Waals surface area contributed by atoms with Crippen LogP contribution in [0.2, 0.25) is 0 Å². The third-order valence-electron chi connectivity index (χ3n) is 5.52. The molecule has 150 valence electrons. The summed E-state index contributed by atoms with van der Waals surface area (Å²) < 4.78 is 1.55. The lowest BCUT2D eigenvalue weighted by atomic mass is 10.0. The van der Waals surface area contributed by atoms with Crippen LogP contribution in [0.4, 0.5) is 0 Å². The highest BCUT2D eigenvalue weighted by Crippen LogP contribution is 2.28. The third-order valence-corrected chi connectivity index (χ3v) is 5.52. The number of rotatable bonds is 5. The molecule has 0 amide bonds. The van der Waals surface area contributed by atoms with Crippen molar-refractivity contribution in [3.05, 3.63) is 93.8 Å². The van der Waals surface area contributed by atoms with Gasteiger partial charge in [0.25, 0.3) is 5.56 Å². The molecule has 0 fully saturated rings. The summed E-state index contributed by atoms with van der Waals surface area (Å²) in [5, 5.41) is 6.25. The number of benzene rings is 3. The quantitative estimate of drug-likeness (QED) is 0.426. The third kappa shape index (κ3) is 3.35. The molecule has 0 atom stereocenters. The van der Waals surface area contributed by atoms with Crippen molar-refractivity contribution in [3.8, 4) is 16.9 Å². The fourth-order valence-corrected chi connectivity index (χ4v) is 3.93. The molecule has 0 radical (unpaired) electrons. The van der Waals surface area contributed by atoms with E-state index < -0.39 is 0 Å². The fraction of sp³-hybridized carbons (Fsp3) is 0.192. The summed E-state index contributed by atoms with van der Waals surface area (Å²) >= 11 is 0. The van der Waals surface area contributed by atoms with Crippen LogP contribution in [0.1, 0.15) is 42.3 Å². The molecular weight excluding hydrogens is 372 g/mol. The number of carbonyl (C=O) groups excluding carboxylic acids is 1. The van der Waals surface area contributed by atoms with Crippen molar-refractivity contribution in [2.24, 2.45) is 0 Å². The van der Waals surface area contributed by atoms with E-state index in [9.17, 15) is 9.59 Å². The first-order valence-corrected chi connectivity index (χ1v) is 10.3. The number of hydrogen-bond acceptors (Lipinski definition) is 3. The van der Waals surface area contributed by atoms with Gasteiger partial charge in [-0.1, -0.05) is 68.4 Å². The van der Waals surface area contributed by atoms with E-state index in [2.05, 4.69) is 13.8 Å². The van der Waals surface area contributed by atoms with Crippen molar-refractivity contribution in [2.75, 3.05) is 0 Å². The molecule has 4 rings (SSSR count). The average molecular weight is 396 g/mol. The lowest BCUT2D eigenvalue weighted by Crippen LogP contribution is -2.24. The molecule has 4 aromatic rings. The number of aryl methyl sites for hydroxylation is 2.